The molecule has 0 bridgehead atoms. The van der Waals surface area contributed by atoms with Crippen LogP contribution in [0.2, 0.25) is 0 Å². The molecule has 0 radical (unpaired) electrons. The van der Waals surface area contributed by atoms with Gasteiger partial charge in [0.25, 0.3) is 5.91 Å². The van der Waals surface area contributed by atoms with Crippen LogP contribution in [0, 0.1) is 12.3 Å². The fraction of sp³-hybridized carbons (Fsp3) is 0.654. The minimum atomic E-state index is -0.0677. The van der Waals surface area contributed by atoms with Crippen LogP contribution in [-0.4, -0.2) is 81.0 Å². The number of carbonyl (C=O) groups is 2. The second-order valence-electron chi connectivity index (χ2n) is 10.8. The van der Waals surface area contributed by atoms with Gasteiger partial charge in [-0.05, 0) is 56.1 Å². The van der Waals surface area contributed by atoms with Crippen LogP contribution in [0.4, 0.5) is 0 Å². The highest BCUT2D eigenvalue weighted by Crippen LogP contribution is 2.49. The first-order valence-corrected chi connectivity index (χ1v) is 12.9. The van der Waals surface area contributed by atoms with Gasteiger partial charge in [-0.1, -0.05) is 19.9 Å². The van der Waals surface area contributed by atoms with E-state index in [0.717, 1.165) is 57.3 Å². The van der Waals surface area contributed by atoms with Gasteiger partial charge in [-0.15, -0.1) is 10.2 Å². The van der Waals surface area contributed by atoms with Crippen molar-refractivity contribution in [2.75, 3.05) is 39.3 Å². The van der Waals surface area contributed by atoms with Crippen molar-refractivity contribution in [3.63, 3.8) is 0 Å². The number of rotatable bonds is 5. The number of carbonyl (C=O) groups excluding carboxylic acids is 2. The molecule has 0 aromatic carbocycles. The molecule has 1 spiro atoms. The van der Waals surface area contributed by atoms with Crippen molar-refractivity contribution in [1.82, 2.24) is 29.9 Å². The molecular formula is C26H36N6O3. The van der Waals surface area contributed by atoms with Gasteiger partial charge in [0.2, 0.25) is 17.7 Å². The maximum Gasteiger partial charge on any atom is 0.272 e. The normalized spacial score (nSPS) is 22.5. The first-order valence-electron chi connectivity index (χ1n) is 12.9. The lowest BCUT2D eigenvalue weighted by molar-refractivity contribution is -0.131. The largest absolute Gasteiger partial charge is 0.423 e. The van der Waals surface area contributed by atoms with Gasteiger partial charge >= 0.3 is 0 Å². The molecule has 3 aliphatic rings. The molecule has 3 fully saturated rings. The van der Waals surface area contributed by atoms with E-state index in [1.165, 1.54) is 0 Å². The van der Waals surface area contributed by atoms with E-state index in [9.17, 15) is 9.59 Å². The van der Waals surface area contributed by atoms with E-state index in [2.05, 4.69) is 20.1 Å². The molecule has 1 atom stereocenters. The van der Waals surface area contributed by atoms with E-state index in [-0.39, 0.29) is 29.2 Å². The number of hydrogen-bond acceptors (Lipinski definition) is 7. The summed E-state index contributed by atoms with van der Waals surface area (Å²) in [5.74, 6) is 1.61. The molecule has 1 unspecified atom stereocenters. The van der Waals surface area contributed by atoms with Gasteiger partial charge in [-0.25, -0.2) is 0 Å². The van der Waals surface area contributed by atoms with E-state index in [4.69, 9.17) is 4.42 Å². The Morgan fingerprint density at radius 2 is 1.86 bits per heavy atom. The van der Waals surface area contributed by atoms with Crippen molar-refractivity contribution in [3.8, 4) is 0 Å². The molecule has 2 aromatic rings. The lowest BCUT2D eigenvalue weighted by Gasteiger charge is -2.39. The number of nitrogens with zero attached hydrogens (tertiary/aromatic N) is 6. The highest BCUT2D eigenvalue weighted by molar-refractivity contribution is 5.93. The van der Waals surface area contributed by atoms with E-state index >= 15 is 0 Å². The number of aromatic nitrogens is 3. The zero-order chi connectivity index (χ0) is 24.6. The molecule has 0 aliphatic carbocycles. The number of likely N-dealkylation sites (tertiary alicyclic amines) is 3. The Morgan fingerprint density at radius 1 is 1.11 bits per heavy atom. The lowest BCUT2D eigenvalue weighted by atomic mass is 9.76. The van der Waals surface area contributed by atoms with Crippen LogP contribution < -0.4 is 0 Å². The van der Waals surface area contributed by atoms with Crippen LogP contribution in [-0.2, 0) is 4.79 Å². The summed E-state index contributed by atoms with van der Waals surface area (Å²) in [6.45, 7) is 10.3. The second kappa shape index (κ2) is 9.68. The van der Waals surface area contributed by atoms with Gasteiger partial charge in [-0.2, -0.15) is 0 Å². The Kier molecular flexibility index (Phi) is 6.61. The summed E-state index contributed by atoms with van der Waals surface area (Å²) >= 11 is 0. The SMILES string of the molecule is Cc1cccnc1C(=O)N1CCC2(CC1)CC(c1nnc(C(C)C)o1)N(CC(=O)N1CCCC1)C2. The lowest BCUT2D eigenvalue weighted by Crippen LogP contribution is -2.45. The van der Waals surface area contributed by atoms with Crippen LogP contribution in [0.1, 0.15) is 85.7 Å². The predicted molar refractivity (Wildman–Crippen MR) is 130 cm³/mol. The molecule has 3 saturated heterocycles. The summed E-state index contributed by atoms with van der Waals surface area (Å²) in [6.07, 6.45) is 6.49. The van der Waals surface area contributed by atoms with Crippen molar-refractivity contribution < 1.29 is 14.0 Å². The Bertz CT molecular complexity index is 1070. The van der Waals surface area contributed by atoms with Crippen LogP contribution in [0.3, 0.4) is 0 Å². The monoisotopic (exact) mass is 480 g/mol. The minimum absolute atomic E-state index is 0.00652. The topological polar surface area (TPSA) is 95.7 Å². The molecule has 35 heavy (non-hydrogen) atoms. The number of aryl methyl sites for hydroxylation is 1. The first-order chi connectivity index (χ1) is 16.8. The predicted octanol–water partition coefficient (Wildman–Crippen LogP) is 3.19. The summed E-state index contributed by atoms with van der Waals surface area (Å²) < 4.78 is 6.07. The molecule has 3 aliphatic heterocycles. The Balaban J connectivity index is 1.31. The van der Waals surface area contributed by atoms with Crippen molar-refractivity contribution >= 4 is 11.8 Å². The minimum Gasteiger partial charge on any atom is -0.423 e. The van der Waals surface area contributed by atoms with Crippen LogP contribution in [0.25, 0.3) is 0 Å². The fourth-order valence-corrected chi connectivity index (χ4v) is 5.81. The maximum absolute atomic E-state index is 13.1. The van der Waals surface area contributed by atoms with Crippen LogP contribution in [0.15, 0.2) is 22.7 Å². The second-order valence-corrected chi connectivity index (χ2v) is 10.8. The molecular weight excluding hydrogens is 444 g/mol. The summed E-state index contributed by atoms with van der Waals surface area (Å²) in [4.78, 5) is 36.6. The van der Waals surface area contributed by atoms with Gasteiger partial charge in [0.15, 0.2) is 0 Å². The van der Waals surface area contributed by atoms with Gasteiger partial charge < -0.3 is 14.2 Å². The average molecular weight is 481 g/mol. The maximum atomic E-state index is 13.1. The summed E-state index contributed by atoms with van der Waals surface area (Å²) in [6, 6.07) is 3.72. The average Bonchev–Trinajstić information content (AvgIpc) is 3.60. The third-order valence-corrected chi connectivity index (χ3v) is 7.96. The van der Waals surface area contributed by atoms with Crippen molar-refractivity contribution in [3.05, 3.63) is 41.4 Å². The quantitative estimate of drug-likeness (QED) is 0.648. The third kappa shape index (κ3) is 4.83. The summed E-state index contributed by atoms with van der Waals surface area (Å²) in [5, 5.41) is 8.65. The zero-order valence-electron chi connectivity index (χ0n) is 21.1. The number of piperidine rings is 1. The van der Waals surface area contributed by atoms with E-state index in [1.54, 1.807) is 6.20 Å². The smallest absolute Gasteiger partial charge is 0.272 e. The van der Waals surface area contributed by atoms with E-state index < -0.39 is 0 Å². The summed E-state index contributed by atoms with van der Waals surface area (Å²) in [5.41, 5.74) is 1.47. The van der Waals surface area contributed by atoms with Gasteiger partial charge in [0, 0.05) is 44.8 Å². The first kappa shape index (κ1) is 23.9. The van der Waals surface area contributed by atoms with Gasteiger partial charge in [-0.3, -0.25) is 19.5 Å². The molecule has 9 nitrogen and oxygen atoms in total. The van der Waals surface area contributed by atoms with E-state index in [1.807, 2.05) is 42.7 Å². The molecule has 0 N–H and O–H groups in total. The molecule has 2 aromatic heterocycles. The molecule has 5 rings (SSSR count). The van der Waals surface area contributed by atoms with Crippen molar-refractivity contribution in [2.45, 2.75) is 64.8 Å². The molecule has 188 valence electrons. The number of hydrogen-bond donors (Lipinski definition) is 0. The van der Waals surface area contributed by atoms with Gasteiger partial charge in [0.05, 0.1) is 12.6 Å². The highest BCUT2D eigenvalue weighted by Gasteiger charge is 2.49. The fourth-order valence-electron chi connectivity index (χ4n) is 5.81. The Hall–Kier alpha value is -2.81. The van der Waals surface area contributed by atoms with Crippen LogP contribution in [0.5, 0.6) is 0 Å². The molecule has 0 saturated carbocycles. The van der Waals surface area contributed by atoms with Gasteiger partial charge in [0.1, 0.15) is 5.69 Å². The number of pyridine rings is 1. The highest BCUT2D eigenvalue weighted by atomic mass is 16.4. The summed E-state index contributed by atoms with van der Waals surface area (Å²) in [7, 11) is 0. The molecule has 9 heteroatoms. The molecule has 5 heterocycles. The molecule has 2 amide bonds. The zero-order valence-corrected chi connectivity index (χ0v) is 21.1. The van der Waals surface area contributed by atoms with E-state index in [0.29, 0.717) is 37.1 Å². The Labute approximate surface area is 206 Å². The number of amides is 2. The van der Waals surface area contributed by atoms with Crippen molar-refractivity contribution in [2.24, 2.45) is 5.41 Å². The standard InChI is InChI=1S/C26H36N6O3/c1-18(2)23-28-29-24(35-23)20-15-26(17-32(20)16-21(33)30-11-4-5-12-30)8-13-31(14-9-26)25(34)22-19(3)7-6-10-27-22/h6-7,10,18,20H,4-5,8-9,11-17H2,1-3H3. The van der Waals surface area contributed by atoms with Crippen molar-refractivity contribution in [1.29, 1.82) is 0 Å². The third-order valence-electron chi connectivity index (χ3n) is 7.96. The van der Waals surface area contributed by atoms with Crippen LogP contribution >= 0.6 is 0 Å². The Morgan fingerprint density at radius 3 is 2.51 bits per heavy atom.